The van der Waals surface area contributed by atoms with E-state index in [1.54, 1.807) is 24.3 Å². The van der Waals surface area contributed by atoms with Crippen molar-refractivity contribution in [3.63, 3.8) is 0 Å². The van der Waals surface area contributed by atoms with Crippen molar-refractivity contribution < 1.29 is 18.0 Å². The fourth-order valence-corrected chi connectivity index (χ4v) is 3.91. The van der Waals surface area contributed by atoms with Gasteiger partial charge in [0, 0.05) is 17.6 Å². The Hall–Kier alpha value is -3.40. The highest BCUT2D eigenvalue weighted by Gasteiger charge is 2.30. The number of carbonyl (C=O) groups is 1. The van der Waals surface area contributed by atoms with E-state index in [0.717, 1.165) is 44.6 Å². The van der Waals surface area contributed by atoms with Gasteiger partial charge < -0.3 is 15.5 Å². The summed E-state index contributed by atoms with van der Waals surface area (Å²) in [6.45, 7) is 3.26. The van der Waals surface area contributed by atoms with E-state index in [0.29, 0.717) is 23.0 Å². The van der Waals surface area contributed by atoms with Crippen molar-refractivity contribution in [1.29, 1.82) is 0 Å². The van der Waals surface area contributed by atoms with Crippen LogP contribution in [0.1, 0.15) is 24.1 Å². The molecule has 174 valence electrons. The molecule has 2 amide bonds. The number of likely N-dealkylation sites (tertiary alicyclic amines) is 1. The Bertz CT molecular complexity index is 1190. The largest absolute Gasteiger partial charge is 0.416 e. The molecule has 0 aliphatic carbocycles. The van der Waals surface area contributed by atoms with Crippen molar-refractivity contribution >= 4 is 22.5 Å². The summed E-state index contributed by atoms with van der Waals surface area (Å²) in [6, 6.07) is 10.7. The number of anilines is 1. The van der Waals surface area contributed by atoms with Gasteiger partial charge in [0.05, 0.1) is 29.7 Å². The van der Waals surface area contributed by atoms with Crippen molar-refractivity contribution in [1.82, 2.24) is 20.0 Å². The van der Waals surface area contributed by atoms with Gasteiger partial charge in [-0.25, -0.2) is 9.48 Å². The molecule has 1 aliphatic rings. The summed E-state index contributed by atoms with van der Waals surface area (Å²) in [6.07, 6.45) is -2.13. The van der Waals surface area contributed by atoms with Crippen LogP contribution in [0, 0.1) is 0 Å². The molecule has 0 radical (unpaired) electrons. The summed E-state index contributed by atoms with van der Waals surface area (Å²) < 4.78 is 39.5. The first-order chi connectivity index (χ1) is 15.8. The summed E-state index contributed by atoms with van der Waals surface area (Å²) >= 11 is 0. The monoisotopic (exact) mass is 459 g/mol. The highest BCUT2D eigenvalue weighted by atomic mass is 19.4. The third kappa shape index (κ3) is 5.51. The zero-order valence-electron chi connectivity index (χ0n) is 17.9. The van der Waals surface area contributed by atoms with Gasteiger partial charge in [-0.05, 0) is 56.3 Å². The number of amides is 2. The smallest absolute Gasteiger partial charge is 0.332 e. The van der Waals surface area contributed by atoms with Crippen LogP contribution in [0.3, 0.4) is 0 Å². The maximum absolute atomic E-state index is 12.9. The Kier molecular flexibility index (Phi) is 6.64. The molecule has 10 heteroatoms. The summed E-state index contributed by atoms with van der Waals surface area (Å²) in [5.74, 6) is 0. The number of alkyl halides is 3. The van der Waals surface area contributed by atoms with Crippen LogP contribution < -0.4 is 16.2 Å². The summed E-state index contributed by atoms with van der Waals surface area (Å²) in [5, 5.41) is 10.8. The maximum atomic E-state index is 12.9. The van der Waals surface area contributed by atoms with Crippen LogP contribution in [0.5, 0.6) is 0 Å². The van der Waals surface area contributed by atoms with Gasteiger partial charge in [0.15, 0.2) is 0 Å². The molecule has 2 N–H and O–H groups in total. The molecular weight excluding hydrogens is 435 g/mol. The van der Waals surface area contributed by atoms with Crippen LogP contribution in [0.4, 0.5) is 23.7 Å². The number of fused-ring (bicyclic) bond motifs is 1. The van der Waals surface area contributed by atoms with Gasteiger partial charge in [-0.3, -0.25) is 4.79 Å². The second-order valence-corrected chi connectivity index (χ2v) is 7.95. The summed E-state index contributed by atoms with van der Waals surface area (Å²) in [5.41, 5.74) is -0.203. The van der Waals surface area contributed by atoms with E-state index in [1.165, 1.54) is 16.8 Å². The third-order valence-electron chi connectivity index (χ3n) is 5.66. The second-order valence-electron chi connectivity index (χ2n) is 7.95. The van der Waals surface area contributed by atoms with Crippen molar-refractivity contribution in [3.8, 4) is 0 Å². The summed E-state index contributed by atoms with van der Waals surface area (Å²) in [4.78, 5) is 27.5. The molecule has 1 fully saturated rings. The molecule has 0 spiro atoms. The van der Waals surface area contributed by atoms with Crippen LogP contribution >= 0.6 is 0 Å². The third-order valence-corrected chi connectivity index (χ3v) is 5.66. The lowest BCUT2D eigenvalue weighted by molar-refractivity contribution is -0.137. The average molecular weight is 459 g/mol. The van der Waals surface area contributed by atoms with E-state index in [9.17, 15) is 22.8 Å². The van der Waals surface area contributed by atoms with Crippen LogP contribution in [-0.2, 0) is 19.3 Å². The molecule has 1 aliphatic heterocycles. The molecule has 1 saturated heterocycles. The number of nitrogens with one attached hydrogen (secondary N) is 2. The van der Waals surface area contributed by atoms with Crippen molar-refractivity contribution in [3.05, 3.63) is 70.1 Å². The molecule has 0 unspecified atom stereocenters. The lowest BCUT2D eigenvalue weighted by Gasteiger charge is -2.16. The number of urea groups is 1. The van der Waals surface area contributed by atoms with Crippen LogP contribution in [0.2, 0.25) is 0 Å². The molecule has 7 nitrogen and oxygen atoms in total. The first kappa shape index (κ1) is 22.8. The van der Waals surface area contributed by atoms with Gasteiger partial charge in [-0.15, -0.1) is 0 Å². The molecular formula is C23H24F3N5O2. The number of carbonyl (C=O) groups excluding carboxylic acids is 1. The molecule has 2 aromatic carbocycles. The van der Waals surface area contributed by atoms with Crippen LogP contribution in [0.15, 0.2) is 53.3 Å². The SMILES string of the molecule is O=C(NCc1nn(CCN2CCCC2)c(=O)c2ccccc12)Nc1ccc(C(F)(F)F)cc1. The molecule has 0 atom stereocenters. The molecule has 2 heterocycles. The first-order valence-corrected chi connectivity index (χ1v) is 10.7. The predicted octanol–water partition coefficient (Wildman–Crippen LogP) is 3.83. The first-order valence-electron chi connectivity index (χ1n) is 10.7. The minimum absolute atomic E-state index is 0.0526. The number of nitrogens with zero attached hydrogens (tertiary/aromatic N) is 3. The van der Waals surface area contributed by atoms with Crippen LogP contribution in [-0.4, -0.2) is 40.3 Å². The lowest BCUT2D eigenvalue weighted by Crippen LogP contribution is -2.33. The fraction of sp³-hybridized carbons (Fsp3) is 0.348. The Morgan fingerprint density at radius 3 is 2.30 bits per heavy atom. The van der Waals surface area contributed by atoms with Gasteiger partial charge in [-0.1, -0.05) is 18.2 Å². The average Bonchev–Trinajstić information content (AvgIpc) is 3.31. The Balaban J connectivity index is 1.46. The molecule has 33 heavy (non-hydrogen) atoms. The molecule has 3 aromatic rings. The number of halogens is 3. The van der Waals surface area contributed by atoms with Gasteiger partial charge in [0.1, 0.15) is 0 Å². The van der Waals surface area contributed by atoms with Crippen molar-refractivity contribution in [2.75, 3.05) is 25.0 Å². The number of hydrogen-bond donors (Lipinski definition) is 2. The Morgan fingerprint density at radius 1 is 0.970 bits per heavy atom. The van der Waals surface area contributed by atoms with Crippen LogP contribution in [0.25, 0.3) is 10.8 Å². The Labute approximate surface area is 188 Å². The summed E-state index contributed by atoms with van der Waals surface area (Å²) in [7, 11) is 0. The quantitative estimate of drug-likeness (QED) is 0.587. The van der Waals surface area contributed by atoms with Crippen molar-refractivity contribution in [2.45, 2.75) is 32.1 Å². The van der Waals surface area contributed by atoms with Gasteiger partial charge in [0.25, 0.3) is 5.56 Å². The number of rotatable bonds is 6. The van der Waals surface area contributed by atoms with Crippen molar-refractivity contribution in [2.24, 2.45) is 0 Å². The topological polar surface area (TPSA) is 79.3 Å². The molecule has 1 aromatic heterocycles. The van der Waals surface area contributed by atoms with E-state index >= 15 is 0 Å². The number of hydrogen-bond acceptors (Lipinski definition) is 4. The number of aromatic nitrogens is 2. The minimum Gasteiger partial charge on any atom is -0.332 e. The second kappa shape index (κ2) is 9.62. The van der Waals surface area contributed by atoms with Gasteiger partial charge in [-0.2, -0.15) is 18.3 Å². The van der Waals surface area contributed by atoms with E-state index in [-0.39, 0.29) is 17.8 Å². The number of benzene rings is 2. The maximum Gasteiger partial charge on any atom is 0.416 e. The lowest BCUT2D eigenvalue weighted by atomic mass is 10.1. The normalized spacial score (nSPS) is 14.5. The fourth-order valence-electron chi connectivity index (χ4n) is 3.91. The standard InChI is InChI=1S/C23H24F3N5O2/c24-23(25,26)16-7-9-17(10-8-16)28-22(33)27-15-20-18-5-1-2-6-19(18)21(32)31(29-20)14-13-30-11-3-4-12-30/h1-2,5-10H,3-4,11-15H2,(H2,27,28,33). The zero-order valence-corrected chi connectivity index (χ0v) is 17.9. The molecule has 0 saturated carbocycles. The van der Waals surface area contributed by atoms with E-state index in [2.05, 4.69) is 20.6 Å². The van der Waals surface area contributed by atoms with E-state index in [4.69, 9.17) is 0 Å². The zero-order chi connectivity index (χ0) is 23.4. The van der Waals surface area contributed by atoms with E-state index in [1.807, 2.05) is 0 Å². The molecule has 0 bridgehead atoms. The predicted molar refractivity (Wildman–Crippen MR) is 119 cm³/mol. The highest BCUT2D eigenvalue weighted by Crippen LogP contribution is 2.29. The van der Waals surface area contributed by atoms with E-state index < -0.39 is 17.8 Å². The van der Waals surface area contributed by atoms with Gasteiger partial charge in [0.2, 0.25) is 0 Å². The minimum atomic E-state index is -4.44. The molecule has 4 rings (SSSR count). The van der Waals surface area contributed by atoms with Gasteiger partial charge >= 0.3 is 12.2 Å². The Morgan fingerprint density at radius 2 is 1.64 bits per heavy atom. The highest BCUT2D eigenvalue weighted by molar-refractivity contribution is 5.90.